The summed E-state index contributed by atoms with van der Waals surface area (Å²) in [4.78, 5) is 0. The summed E-state index contributed by atoms with van der Waals surface area (Å²) in [6.45, 7) is 2.24. The van der Waals surface area contributed by atoms with E-state index in [1.165, 1.54) is 12.8 Å². The van der Waals surface area contributed by atoms with Crippen molar-refractivity contribution in [1.29, 1.82) is 0 Å². The highest BCUT2D eigenvalue weighted by molar-refractivity contribution is 6.35. The van der Waals surface area contributed by atoms with Gasteiger partial charge in [-0.2, -0.15) is 0 Å². The molecule has 2 N–H and O–H groups in total. The Bertz CT molecular complexity index is 374. The lowest BCUT2D eigenvalue weighted by Crippen LogP contribution is -2.31. The fourth-order valence-corrected chi connectivity index (χ4v) is 2.58. The second kappa shape index (κ2) is 4.95. The van der Waals surface area contributed by atoms with Gasteiger partial charge in [0.2, 0.25) is 0 Å². The molecule has 1 aromatic rings. The van der Waals surface area contributed by atoms with Crippen molar-refractivity contribution in [1.82, 2.24) is 0 Å². The van der Waals surface area contributed by atoms with Crippen molar-refractivity contribution in [3.8, 4) is 0 Å². The summed E-state index contributed by atoms with van der Waals surface area (Å²) in [6, 6.07) is 5.83. The van der Waals surface area contributed by atoms with Gasteiger partial charge in [-0.15, -0.1) is 0 Å². The standard InChI is InChI=1S/C13H17Cl2N/c1-8(9-2-3-9)13(16)6-10-4-5-11(14)7-12(10)15/h4-5,7-9,13H,2-3,6,16H2,1H3. The zero-order chi connectivity index (χ0) is 11.7. The molecule has 2 atom stereocenters. The van der Waals surface area contributed by atoms with Gasteiger partial charge in [0.05, 0.1) is 0 Å². The van der Waals surface area contributed by atoms with Gasteiger partial charge in [0, 0.05) is 16.1 Å². The van der Waals surface area contributed by atoms with Crippen LogP contribution in [0.5, 0.6) is 0 Å². The van der Waals surface area contributed by atoms with Crippen LogP contribution >= 0.6 is 23.2 Å². The van der Waals surface area contributed by atoms with Crippen LogP contribution in [0.2, 0.25) is 10.0 Å². The number of hydrogen-bond donors (Lipinski definition) is 1. The first-order chi connectivity index (χ1) is 7.58. The van der Waals surface area contributed by atoms with Gasteiger partial charge in [-0.3, -0.25) is 0 Å². The molecule has 0 spiro atoms. The molecule has 16 heavy (non-hydrogen) atoms. The van der Waals surface area contributed by atoms with E-state index in [0.717, 1.165) is 22.9 Å². The molecule has 3 heteroatoms. The van der Waals surface area contributed by atoms with Crippen LogP contribution < -0.4 is 5.73 Å². The van der Waals surface area contributed by atoms with Crippen molar-refractivity contribution in [3.63, 3.8) is 0 Å². The summed E-state index contributed by atoms with van der Waals surface area (Å²) in [5, 5.41) is 1.41. The molecule has 0 bridgehead atoms. The molecule has 0 aromatic heterocycles. The van der Waals surface area contributed by atoms with E-state index in [0.29, 0.717) is 10.9 Å². The summed E-state index contributed by atoms with van der Waals surface area (Å²) < 4.78 is 0. The maximum absolute atomic E-state index is 6.21. The summed E-state index contributed by atoms with van der Waals surface area (Å²) >= 11 is 12.0. The summed E-state index contributed by atoms with van der Waals surface area (Å²) in [7, 11) is 0. The molecule has 1 aliphatic rings. The SMILES string of the molecule is CC(C(N)Cc1ccc(Cl)cc1Cl)C1CC1. The quantitative estimate of drug-likeness (QED) is 0.870. The first kappa shape index (κ1) is 12.2. The Morgan fingerprint density at radius 2 is 2.06 bits per heavy atom. The Hall–Kier alpha value is -0.240. The third-order valence-electron chi connectivity index (χ3n) is 3.51. The maximum Gasteiger partial charge on any atom is 0.0453 e. The Balaban J connectivity index is 2.02. The minimum Gasteiger partial charge on any atom is -0.327 e. The molecular weight excluding hydrogens is 241 g/mol. The van der Waals surface area contributed by atoms with Crippen LogP contribution in [0.3, 0.4) is 0 Å². The van der Waals surface area contributed by atoms with Crippen molar-refractivity contribution in [2.24, 2.45) is 17.6 Å². The van der Waals surface area contributed by atoms with Crippen molar-refractivity contribution < 1.29 is 0 Å². The predicted molar refractivity (Wildman–Crippen MR) is 70.0 cm³/mol. The fraction of sp³-hybridized carbons (Fsp3) is 0.538. The summed E-state index contributed by atoms with van der Waals surface area (Å²) in [6.07, 6.45) is 3.51. The lowest BCUT2D eigenvalue weighted by molar-refractivity contribution is 0.404. The van der Waals surface area contributed by atoms with E-state index in [4.69, 9.17) is 28.9 Å². The van der Waals surface area contributed by atoms with Gasteiger partial charge in [-0.25, -0.2) is 0 Å². The molecule has 1 aromatic carbocycles. The molecule has 2 rings (SSSR count). The number of benzene rings is 1. The molecule has 0 amide bonds. The van der Waals surface area contributed by atoms with Gasteiger partial charge < -0.3 is 5.73 Å². The molecule has 0 heterocycles. The molecule has 2 unspecified atom stereocenters. The molecule has 1 aliphatic carbocycles. The van der Waals surface area contributed by atoms with Crippen molar-refractivity contribution in [2.45, 2.75) is 32.2 Å². The van der Waals surface area contributed by atoms with Crippen LogP contribution in [0.1, 0.15) is 25.3 Å². The zero-order valence-corrected chi connectivity index (χ0v) is 10.9. The number of nitrogens with two attached hydrogens (primary N) is 1. The minimum atomic E-state index is 0.200. The maximum atomic E-state index is 6.21. The third kappa shape index (κ3) is 2.91. The highest BCUT2D eigenvalue weighted by atomic mass is 35.5. The van der Waals surface area contributed by atoms with Gasteiger partial charge in [-0.1, -0.05) is 36.2 Å². The van der Waals surface area contributed by atoms with Crippen LogP contribution in [0.15, 0.2) is 18.2 Å². The number of rotatable bonds is 4. The molecular formula is C13H17Cl2N. The average Bonchev–Trinajstić information content (AvgIpc) is 3.04. The minimum absolute atomic E-state index is 0.200. The van der Waals surface area contributed by atoms with E-state index in [1.54, 1.807) is 6.07 Å². The Kier molecular flexibility index (Phi) is 3.78. The predicted octanol–water partition coefficient (Wildman–Crippen LogP) is 3.91. The zero-order valence-electron chi connectivity index (χ0n) is 9.42. The van der Waals surface area contributed by atoms with Crippen LogP contribution in [-0.2, 0) is 6.42 Å². The van der Waals surface area contributed by atoms with E-state index in [9.17, 15) is 0 Å². The second-order valence-corrected chi connectivity index (χ2v) is 5.64. The number of halogens is 2. The average molecular weight is 258 g/mol. The molecule has 0 aliphatic heterocycles. The fourth-order valence-electron chi connectivity index (χ4n) is 2.10. The Labute approximate surface area is 107 Å². The molecule has 0 radical (unpaired) electrons. The molecule has 88 valence electrons. The van der Waals surface area contributed by atoms with Crippen LogP contribution in [0.4, 0.5) is 0 Å². The van der Waals surface area contributed by atoms with Crippen molar-refractivity contribution in [3.05, 3.63) is 33.8 Å². The summed E-state index contributed by atoms with van der Waals surface area (Å²) in [5.41, 5.74) is 7.31. The highest BCUT2D eigenvalue weighted by Crippen LogP contribution is 2.38. The van der Waals surface area contributed by atoms with Gasteiger partial charge in [0.25, 0.3) is 0 Å². The van der Waals surface area contributed by atoms with E-state index < -0.39 is 0 Å². The van der Waals surface area contributed by atoms with Gasteiger partial charge in [-0.05, 0) is 48.8 Å². The Morgan fingerprint density at radius 3 is 2.62 bits per heavy atom. The smallest absolute Gasteiger partial charge is 0.0453 e. The first-order valence-electron chi connectivity index (χ1n) is 5.77. The normalized spacial score (nSPS) is 19.5. The van der Waals surface area contributed by atoms with E-state index in [-0.39, 0.29) is 6.04 Å². The van der Waals surface area contributed by atoms with E-state index >= 15 is 0 Å². The lowest BCUT2D eigenvalue weighted by Gasteiger charge is -2.20. The third-order valence-corrected chi connectivity index (χ3v) is 4.10. The molecule has 1 saturated carbocycles. The Morgan fingerprint density at radius 1 is 1.38 bits per heavy atom. The monoisotopic (exact) mass is 257 g/mol. The van der Waals surface area contributed by atoms with E-state index in [1.807, 2.05) is 12.1 Å². The van der Waals surface area contributed by atoms with E-state index in [2.05, 4.69) is 6.92 Å². The van der Waals surface area contributed by atoms with Crippen LogP contribution in [-0.4, -0.2) is 6.04 Å². The topological polar surface area (TPSA) is 26.0 Å². The second-order valence-electron chi connectivity index (χ2n) is 4.80. The molecule has 0 saturated heterocycles. The van der Waals surface area contributed by atoms with Gasteiger partial charge in [0.1, 0.15) is 0 Å². The molecule has 1 nitrogen and oxygen atoms in total. The number of hydrogen-bond acceptors (Lipinski definition) is 1. The molecule has 1 fully saturated rings. The summed E-state index contributed by atoms with van der Waals surface area (Å²) in [5.74, 6) is 1.42. The largest absolute Gasteiger partial charge is 0.327 e. The van der Waals surface area contributed by atoms with Crippen molar-refractivity contribution in [2.75, 3.05) is 0 Å². The van der Waals surface area contributed by atoms with Crippen molar-refractivity contribution >= 4 is 23.2 Å². The van der Waals surface area contributed by atoms with Crippen LogP contribution in [0, 0.1) is 11.8 Å². The van der Waals surface area contributed by atoms with Gasteiger partial charge >= 0.3 is 0 Å². The first-order valence-corrected chi connectivity index (χ1v) is 6.53. The highest BCUT2D eigenvalue weighted by Gasteiger charge is 2.31. The van der Waals surface area contributed by atoms with Crippen LogP contribution in [0.25, 0.3) is 0 Å². The van der Waals surface area contributed by atoms with Gasteiger partial charge in [0.15, 0.2) is 0 Å². The lowest BCUT2D eigenvalue weighted by atomic mass is 9.92.